The molecule has 2 rings (SSSR count). The molecule has 0 amide bonds. The van der Waals surface area contributed by atoms with Crippen molar-refractivity contribution in [3.63, 3.8) is 0 Å². The van der Waals surface area contributed by atoms with Gasteiger partial charge in [-0.1, -0.05) is 12.1 Å². The predicted molar refractivity (Wildman–Crippen MR) is 62.2 cm³/mol. The minimum absolute atomic E-state index is 0.653. The normalized spacial score (nSPS) is 20.1. The number of thioether (sulfide) groups is 1. The fraction of sp³-hybridized carbons (Fsp3) is 0.500. The fourth-order valence-electron chi connectivity index (χ4n) is 1.91. The van der Waals surface area contributed by atoms with Gasteiger partial charge in [-0.05, 0) is 24.0 Å². The summed E-state index contributed by atoms with van der Waals surface area (Å²) in [5.41, 5.74) is 0.349. The largest absolute Gasteiger partial charge is 0.385 e. The van der Waals surface area contributed by atoms with E-state index < -0.39 is 5.60 Å². The van der Waals surface area contributed by atoms with Gasteiger partial charge < -0.3 is 9.84 Å². The van der Waals surface area contributed by atoms with Gasteiger partial charge >= 0.3 is 0 Å². The number of hydrogen-bond acceptors (Lipinski definition) is 3. The van der Waals surface area contributed by atoms with Gasteiger partial charge in [0.2, 0.25) is 0 Å². The lowest BCUT2D eigenvalue weighted by atomic mass is 9.87. The van der Waals surface area contributed by atoms with E-state index in [1.165, 1.54) is 4.90 Å². The molecule has 0 aromatic heterocycles. The molecule has 0 unspecified atom stereocenters. The van der Waals surface area contributed by atoms with Crippen LogP contribution in [0.3, 0.4) is 0 Å². The Bertz CT molecular complexity index is 332. The van der Waals surface area contributed by atoms with Crippen LogP contribution in [0.4, 0.5) is 0 Å². The van der Waals surface area contributed by atoms with Crippen LogP contribution in [-0.4, -0.2) is 24.6 Å². The van der Waals surface area contributed by atoms with E-state index in [0.29, 0.717) is 26.1 Å². The summed E-state index contributed by atoms with van der Waals surface area (Å²) < 4.78 is 5.28. The van der Waals surface area contributed by atoms with Gasteiger partial charge in [0.1, 0.15) is 0 Å². The zero-order valence-corrected chi connectivity index (χ0v) is 9.72. The molecule has 0 radical (unpaired) electrons. The summed E-state index contributed by atoms with van der Waals surface area (Å²) in [5.74, 6) is 0. The Hall–Kier alpha value is -0.510. The molecular weight excluding hydrogens is 208 g/mol. The molecule has 1 aromatic rings. The van der Waals surface area contributed by atoms with Crippen molar-refractivity contribution in [3.05, 3.63) is 29.8 Å². The first-order valence-corrected chi connectivity index (χ1v) is 6.42. The van der Waals surface area contributed by atoms with E-state index in [2.05, 4.69) is 12.1 Å². The Morgan fingerprint density at radius 3 is 2.73 bits per heavy atom. The van der Waals surface area contributed by atoms with Crippen LogP contribution in [0, 0.1) is 0 Å². The molecule has 0 atom stereocenters. The Labute approximate surface area is 94.6 Å². The van der Waals surface area contributed by atoms with E-state index in [-0.39, 0.29) is 0 Å². The van der Waals surface area contributed by atoms with Gasteiger partial charge in [-0.25, -0.2) is 0 Å². The molecule has 82 valence electrons. The standard InChI is InChI=1S/C12H16O2S/c1-15-11-4-2-3-10(9-11)12(13)5-7-14-8-6-12/h2-4,9,13H,5-8H2,1H3. The van der Waals surface area contributed by atoms with Crippen molar-refractivity contribution >= 4 is 11.8 Å². The fourth-order valence-corrected chi connectivity index (χ4v) is 2.37. The average molecular weight is 224 g/mol. The summed E-state index contributed by atoms with van der Waals surface area (Å²) in [6.07, 6.45) is 3.45. The van der Waals surface area contributed by atoms with Gasteiger partial charge in [0.05, 0.1) is 5.60 Å². The van der Waals surface area contributed by atoms with Crippen LogP contribution in [0.15, 0.2) is 29.2 Å². The number of hydrogen-bond donors (Lipinski definition) is 1. The molecule has 0 bridgehead atoms. The highest BCUT2D eigenvalue weighted by Gasteiger charge is 2.31. The lowest BCUT2D eigenvalue weighted by Crippen LogP contribution is -2.33. The Morgan fingerprint density at radius 2 is 2.07 bits per heavy atom. The zero-order chi connectivity index (χ0) is 10.7. The van der Waals surface area contributed by atoms with Crippen LogP contribution in [0.1, 0.15) is 18.4 Å². The van der Waals surface area contributed by atoms with Gasteiger partial charge in [0.25, 0.3) is 0 Å². The first-order valence-electron chi connectivity index (χ1n) is 5.19. The maximum atomic E-state index is 10.5. The van der Waals surface area contributed by atoms with E-state index in [4.69, 9.17) is 4.74 Å². The van der Waals surface area contributed by atoms with Crippen LogP contribution in [0.2, 0.25) is 0 Å². The second kappa shape index (κ2) is 4.56. The van der Waals surface area contributed by atoms with E-state index in [1.807, 2.05) is 18.4 Å². The molecular formula is C12H16O2S. The number of rotatable bonds is 2. The monoisotopic (exact) mass is 224 g/mol. The van der Waals surface area contributed by atoms with Crippen LogP contribution in [0.25, 0.3) is 0 Å². The van der Waals surface area contributed by atoms with Crippen LogP contribution >= 0.6 is 11.8 Å². The van der Waals surface area contributed by atoms with E-state index in [1.54, 1.807) is 11.8 Å². The SMILES string of the molecule is CSc1cccc(C2(O)CCOCC2)c1. The highest BCUT2D eigenvalue weighted by Crippen LogP contribution is 2.33. The lowest BCUT2D eigenvalue weighted by molar-refractivity contribution is -0.0680. The highest BCUT2D eigenvalue weighted by atomic mass is 32.2. The minimum atomic E-state index is -0.677. The highest BCUT2D eigenvalue weighted by molar-refractivity contribution is 7.98. The third-order valence-electron chi connectivity index (χ3n) is 2.93. The molecule has 1 saturated heterocycles. The van der Waals surface area contributed by atoms with Crippen molar-refractivity contribution in [3.8, 4) is 0 Å². The van der Waals surface area contributed by atoms with Crippen molar-refractivity contribution in [2.45, 2.75) is 23.3 Å². The number of aliphatic hydroxyl groups is 1. The first-order chi connectivity index (χ1) is 7.24. The van der Waals surface area contributed by atoms with Crippen LogP contribution in [-0.2, 0) is 10.3 Å². The minimum Gasteiger partial charge on any atom is -0.385 e. The molecule has 1 aliphatic rings. The summed E-state index contributed by atoms with van der Waals surface area (Å²) >= 11 is 1.70. The van der Waals surface area contributed by atoms with Gasteiger partial charge in [-0.3, -0.25) is 0 Å². The Kier molecular flexibility index (Phi) is 3.34. The first kappa shape index (κ1) is 11.0. The molecule has 3 heteroatoms. The van der Waals surface area contributed by atoms with Crippen molar-refractivity contribution in [1.82, 2.24) is 0 Å². The molecule has 1 aliphatic heterocycles. The maximum Gasteiger partial charge on any atom is 0.0940 e. The average Bonchev–Trinajstić information content (AvgIpc) is 2.30. The molecule has 0 aliphatic carbocycles. The van der Waals surface area contributed by atoms with Crippen LogP contribution in [0.5, 0.6) is 0 Å². The van der Waals surface area contributed by atoms with Gasteiger partial charge in [-0.15, -0.1) is 11.8 Å². The topological polar surface area (TPSA) is 29.5 Å². The molecule has 0 saturated carbocycles. The van der Waals surface area contributed by atoms with Crippen molar-refractivity contribution in [1.29, 1.82) is 0 Å². The van der Waals surface area contributed by atoms with Gasteiger partial charge in [0.15, 0.2) is 0 Å². The molecule has 1 fully saturated rings. The summed E-state index contributed by atoms with van der Waals surface area (Å²) in [5, 5.41) is 10.5. The zero-order valence-electron chi connectivity index (χ0n) is 8.90. The lowest BCUT2D eigenvalue weighted by Gasteiger charge is -2.32. The van der Waals surface area contributed by atoms with Gasteiger partial charge in [0, 0.05) is 31.0 Å². The van der Waals surface area contributed by atoms with E-state index in [0.717, 1.165) is 5.56 Å². The summed E-state index contributed by atoms with van der Waals surface area (Å²) in [4.78, 5) is 1.20. The smallest absolute Gasteiger partial charge is 0.0940 e. The maximum absolute atomic E-state index is 10.5. The molecule has 1 aromatic carbocycles. The van der Waals surface area contributed by atoms with Crippen LogP contribution < -0.4 is 0 Å². The third kappa shape index (κ3) is 2.36. The molecule has 1 heterocycles. The molecule has 2 nitrogen and oxygen atoms in total. The number of ether oxygens (including phenoxy) is 1. The second-order valence-corrected chi connectivity index (χ2v) is 4.76. The molecule has 15 heavy (non-hydrogen) atoms. The van der Waals surface area contributed by atoms with Gasteiger partial charge in [-0.2, -0.15) is 0 Å². The number of benzene rings is 1. The Balaban J connectivity index is 2.26. The summed E-state index contributed by atoms with van der Waals surface area (Å²) in [7, 11) is 0. The quantitative estimate of drug-likeness (QED) is 0.782. The Morgan fingerprint density at radius 1 is 1.33 bits per heavy atom. The summed E-state index contributed by atoms with van der Waals surface area (Å²) in [6.45, 7) is 1.31. The predicted octanol–water partition coefficient (Wildman–Crippen LogP) is 2.41. The summed E-state index contributed by atoms with van der Waals surface area (Å²) in [6, 6.07) is 8.16. The second-order valence-electron chi connectivity index (χ2n) is 3.88. The van der Waals surface area contributed by atoms with Crippen molar-refractivity contribution in [2.75, 3.05) is 19.5 Å². The van der Waals surface area contributed by atoms with E-state index in [9.17, 15) is 5.11 Å². The molecule has 0 spiro atoms. The molecule has 1 N–H and O–H groups in total. The van der Waals surface area contributed by atoms with Crippen molar-refractivity contribution in [2.24, 2.45) is 0 Å². The van der Waals surface area contributed by atoms with Crippen molar-refractivity contribution < 1.29 is 9.84 Å². The van der Waals surface area contributed by atoms with E-state index >= 15 is 0 Å². The third-order valence-corrected chi connectivity index (χ3v) is 3.65.